The fourth-order valence-electron chi connectivity index (χ4n) is 0. The van der Waals surface area contributed by atoms with Crippen LogP contribution < -0.4 is 42.0 Å². The van der Waals surface area contributed by atoms with E-state index < -0.39 is 0 Å². The molecule has 0 aliphatic heterocycles. The monoisotopic (exact) mass is 327 g/mol. The Morgan fingerprint density at radius 3 is 0.571 bits per heavy atom. The molecule has 0 aromatic heterocycles. The van der Waals surface area contributed by atoms with E-state index in [4.69, 9.17) is 0 Å². The van der Waals surface area contributed by atoms with Crippen LogP contribution in [0.3, 0.4) is 0 Å². The molecule has 1 radical (unpaired) electrons. The molecule has 0 bridgehead atoms. The summed E-state index contributed by atoms with van der Waals surface area (Å²) in [6, 6.07) is 0. The van der Waals surface area contributed by atoms with Crippen LogP contribution in [0.1, 0.15) is 0 Å². The van der Waals surface area contributed by atoms with Crippen LogP contribution >= 0.6 is 0 Å². The molecule has 0 aromatic carbocycles. The third-order valence-corrected chi connectivity index (χ3v) is 0. The molecule has 7 heteroatoms. The second kappa shape index (κ2) is 106. The van der Waals surface area contributed by atoms with Crippen molar-refractivity contribution in [3.8, 4) is 0 Å². The second-order valence-corrected chi connectivity index (χ2v) is 0. The summed E-state index contributed by atoms with van der Waals surface area (Å²) in [6.07, 6.45) is 0. The summed E-state index contributed by atoms with van der Waals surface area (Å²) < 4.78 is 0. The minimum atomic E-state index is 0. The van der Waals surface area contributed by atoms with Gasteiger partial charge in [-0.1, -0.05) is 0 Å². The first-order chi connectivity index (χ1) is 0. The van der Waals surface area contributed by atoms with E-state index in [-0.39, 0.29) is 86.2 Å². The molecule has 0 heterocycles. The van der Waals surface area contributed by atoms with E-state index >= 15 is 0 Å². The number of hydrogen-bond donors (Lipinski definition) is 0. The Labute approximate surface area is 85.5 Å². The van der Waals surface area contributed by atoms with Crippen molar-refractivity contribution in [3.63, 3.8) is 0 Å². The zero-order valence-corrected chi connectivity index (χ0v) is 8.60. The Bertz CT molecular complexity index is 11.7. The van der Waals surface area contributed by atoms with Crippen LogP contribution in [0.5, 0.6) is 0 Å². The van der Waals surface area contributed by atoms with E-state index in [1.807, 2.05) is 0 Å². The topological polar surface area (TPSA) is 126 Å². The molecule has 0 amide bonds. The molecule has 0 saturated carbocycles. The maximum Gasteiger partial charge on any atom is 1.00 e. The molecule has 0 aliphatic carbocycles. The number of halogens is 1. The van der Waals surface area contributed by atoms with Crippen LogP contribution in [-0.4, -0.2) is 21.9 Å². The van der Waals surface area contributed by atoms with E-state index in [1.165, 1.54) is 0 Å². The average Bonchev–Trinajstić information content (AvgIpc) is 0. The third kappa shape index (κ3) is 77.5. The van der Waals surface area contributed by atoms with Gasteiger partial charge in [0, 0.05) is 22.4 Å². The average molecular weight is 327 g/mol. The molecule has 4 nitrogen and oxygen atoms in total. The summed E-state index contributed by atoms with van der Waals surface area (Å²) in [6.45, 7) is 0. The molecule has 0 aromatic rings. The summed E-state index contributed by atoms with van der Waals surface area (Å²) in [4.78, 5) is 0. The van der Waals surface area contributed by atoms with Crippen molar-refractivity contribution in [1.29, 1.82) is 0 Å². The standard InChI is InChI=1S/Au.ClH.Na.4H2O/h;1H;;4*1H2/q;;+1;;;;/p-1. The Hall–Kier alpha value is 1.87. The minimum absolute atomic E-state index is 0. The Kier molecular flexibility index (Phi) is 2380. The van der Waals surface area contributed by atoms with Crippen molar-refractivity contribution in [1.82, 2.24) is 0 Å². The fraction of sp³-hybridized carbons (Fsp3) is 0. The molecule has 0 rings (SSSR count). The first-order valence-corrected chi connectivity index (χ1v) is 0. The largest absolute Gasteiger partial charge is 1.00 e. The summed E-state index contributed by atoms with van der Waals surface area (Å²) in [5.74, 6) is 0. The summed E-state index contributed by atoms with van der Waals surface area (Å²) in [5.41, 5.74) is 0. The van der Waals surface area contributed by atoms with Gasteiger partial charge in [0.05, 0.1) is 0 Å². The van der Waals surface area contributed by atoms with Gasteiger partial charge in [0.1, 0.15) is 0 Å². The zero-order chi connectivity index (χ0) is 0. The molecular weight excluding hydrogens is 319 g/mol. The molecular formula is H8AuClNaO4. The van der Waals surface area contributed by atoms with E-state index in [9.17, 15) is 0 Å². The SMILES string of the molecule is O.O.O.O.[Au].[Cl-].[Na+]. The third-order valence-electron chi connectivity index (χ3n) is 0. The molecule has 0 fully saturated rings. The molecule has 0 aliphatic rings. The summed E-state index contributed by atoms with van der Waals surface area (Å²) in [5, 5.41) is 0. The molecule has 0 atom stereocenters. The summed E-state index contributed by atoms with van der Waals surface area (Å²) >= 11 is 0. The quantitative estimate of drug-likeness (QED) is 0.392. The van der Waals surface area contributed by atoms with Crippen molar-refractivity contribution in [3.05, 3.63) is 0 Å². The van der Waals surface area contributed by atoms with Crippen molar-refractivity contribution >= 4 is 0 Å². The van der Waals surface area contributed by atoms with Gasteiger partial charge in [0.2, 0.25) is 0 Å². The molecule has 7 heavy (non-hydrogen) atoms. The molecule has 8 N–H and O–H groups in total. The zero-order valence-electron chi connectivity index (χ0n) is 3.68. The minimum Gasteiger partial charge on any atom is -1.00 e. The van der Waals surface area contributed by atoms with Gasteiger partial charge in [-0.15, -0.1) is 0 Å². The van der Waals surface area contributed by atoms with Gasteiger partial charge in [0.25, 0.3) is 0 Å². The van der Waals surface area contributed by atoms with Gasteiger partial charge in [-0.2, -0.15) is 0 Å². The van der Waals surface area contributed by atoms with Crippen LogP contribution in [0, 0.1) is 0 Å². The maximum atomic E-state index is 0. The van der Waals surface area contributed by atoms with Crippen LogP contribution in [-0.2, 0) is 22.4 Å². The van der Waals surface area contributed by atoms with Gasteiger partial charge >= 0.3 is 29.6 Å². The van der Waals surface area contributed by atoms with Crippen LogP contribution in [0.15, 0.2) is 0 Å². The van der Waals surface area contributed by atoms with Crippen LogP contribution in [0.2, 0.25) is 0 Å². The maximum absolute atomic E-state index is 0. The van der Waals surface area contributed by atoms with Gasteiger partial charge in [-0.3, -0.25) is 0 Å². The van der Waals surface area contributed by atoms with E-state index in [0.717, 1.165) is 0 Å². The van der Waals surface area contributed by atoms with Gasteiger partial charge in [-0.25, -0.2) is 0 Å². The van der Waals surface area contributed by atoms with Crippen molar-refractivity contribution in [2.45, 2.75) is 0 Å². The second-order valence-electron chi connectivity index (χ2n) is 0. The molecule has 51 valence electrons. The molecule has 0 unspecified atom stereocenters. The predicted molar refractivity (Wildman–Crippen MR) is 14.5 cm³/mol. The fourth-order valence-corrected chi connectivity index (χ4v) is 0. The van der Waals surface area contributed by atoms with Gasteiger partial charge < -0.3 is 34.3 Å². The molecule has 0 spiro atoms. The Morgan fingerprint density at radius 2 is 0.571 bits per heavy atom. The number of hydrogen-bond acceptors (Lipinski definition) is 0. The Balaban J connectivity index is 0. The van der Waals surface area contributed by atoms with Crippen molar-refractivity contribution in [2.24, 2.45) is 0 Å². The number of rotatable bonds is 0. The smallest absolute Gasteiger partial charge is 1.00 e. The van der Waals surface area contributed by atoms with Crippen molar-refractivity contribution in [2.75, 3.05) is 0 Å². The van der Waals surface area contributed by atoms with Crippen LogP contribution in [0.4, 0.5) is 0 Å². The van der Waals surface area contributed by atoms with Crippen LogP contribution in [0.25, 0.3) is 0 Å². The normalized spacial score (nSPS) is 0. The van der Waals surface area contributed by atoms with E-state index in [1.54, 1.807) is 0 Å². The van der Waals surface area contributed by atoms with Gasteiger partial charge in [0.15, 0.2) is 0 Å². The van der Waals surface area contributed by atoms with Crippen molar-refractivity contribution < 1.29 is 86.2 Å². The first kappa shape index (κ1) is 157. The van der Waals surface area contributed by atoms with E-state index in [2.05, 4.69) is 0 Å². The predicted octanol–water partition coefficient (Wildman–Crippen LogP) is -9.29. The Morgan fingerprint density at radius 1 is 0.571 bits per heavy atom. The molecule has 0 saturated heterocycles. The first-order valence-electron chi connectivity index (χ1n) is 0. The van der Waals surface area contributed by atoms with Gasteiger partial charge in [-0.05, 0) is 0 Å². The summed E-state index contributed by atoms with van der Waals surface area (Å²) in [7, 11) is 0. The van der Waals surface area contributed by atoms with E-state index in [0.29, 0.717) is 0 Å².